The molecular formula is C17H18ClN5O4S. The third-order valence-electron chi connectivity index (χ3n) is 4.12. The summed E-state index contributed by atoms with van der Waals surface area (Å²) in [5.74, 6) is 0.964. The van der Waals surface area contributed by atoms with Crippen LogP contribution in [0.2, 0.25) is 5.02 Å². The Balaban J connectivity index is 1.87. The highest BCUT2D eigenvalue weighted by Crippen LogP contribution is 2.35. The van der Waals surface area contributed by atoms with E-state index < -0.39 is 10.8 Å². The number of thioether (sulfide) groups is 1. The van der Waals surface area contributed by atoms with Crippen LogP contribution < -0.4 is 10.6 Å². The van der Waals surface area contributed by atoms with E-state index >= 15 is 0 Å². The number of amides is 2. The Bertz CT molecular complexity index is 946. The molecule has 0 saturated carbocycles. The molecule has 0 bridgehead atoms. The van der Waals surface area contributed by atoms with Gasteiger partial charge in [-0.05, 0) is 12.5 Å². The van der Waals surface area contributed by atoms with Crippen LogP contribution in [0.1, 0.15) is 35.0 Å². The number of nitrogens with zero attached hydrogens (tertiary/aromatic N) is 3. The number of aromatic nitrogens is 2. The van der Waals surface area contributed by atoms with Crippen LogP contribution >= 0.6 is 23.4 Å². The standard InChI is InChI=1S/C17H18ClN5O4S/c1-2-5-19-15(24)7-22-16(12-8-28-9-14(12)21-22)20-17(25)11-6-10(23(26)27)3-4-13(11)18/h3-4,6H,2,5,7-9H2,1H3,(H,19,24)(H,20,25). The smallest absolute Gasteiger partial charge is 0.270 e. The monoisotopic (exact) mass is 423 g/mol. The van der Waals surface area contributed by atoms with Crippen molar-refractivity contribution in [1.82, 2.24) is 15.1 Å². The van der Waals surface area contributed by atoms with Crippen LogP contribution in [0.15, 0.2) is 18.2 Å². The van der Waals surface area contributed by atoms with Crippen molar-refractivity contribution < 1.29 is 14.5 Å². The molecule has 9 nitrogen and oxygen atoms in total. The van der Waals surface area contributed by atoms with Crippen molar-refractivity contribution in [3.05, 3.63) is 50.2 Å². The number of benzene rings is 1. The van der Waals surface area contributed by atoms with Crippen LogP contribution in [0, 0.1) is 10.1 Å². The topological polar surface area (TPSA) is 119 Å². The summed E-state index contributed by atoms with van der Waals surface area (Å²) in [6.07, 6.45) is 0.812. The van der Waals surface area contributed by atoms with Crippen molar-refractivity contribution in [2.45, 2.75) is 31.4 Å². The maximum absolute atomic E-state index is 12.8. The molecule has 0 spiro atoms. The van der Waals surface area contributed by atoms with Crippen molar-refractivity contribution in [3.63, 3.8) is 0 Å². The fourth-order valence-electron chi connectivity index (χ4n) is 2.75. The lowest BCUT2D eigenvalue weighted by Gasteiger charge is -2.12. The number of non-ortho nitro benzene ring substituents is 1. The average Bonchev–Trinajstić information content (AvgIpc) is 3.23. The van der Waals surface area contributed by atoms with Gasteiger partial charge in [-0.2, -0.15) is 16.9 Å². The highest BCUT2D eigenvalue weighted by molar-refractivity contribution is 7.98. The van der Waals surface area contributed by atoms with E-state index in [-0.39, 0.29) is 28.7 Å². The number of carbonyl (C=O) groups excluding carboxylic acids is 2. The van der Waals surface area contributed by atoms with E-state index in [0.29, 0.717) is 23.9 Å². The lowest BCUT2D eigenvalue weighted by molar-refractivity contribution is -0.384. The Kier molecular flexibility index (Phi) is 6.20. The number of nitro groups is 1. The molecule has 1 aliphatic heterocycles. The number of halogens is 1. The van der Waals surface area contributed by atoms with Crippen molar-refractivity contribution >= 4 is 46.7 Å². The minimum atomic E-state index is -0.594. The number of rotatable bonds is 7. The van der Waals surface area contributed by atoms with Gasteiger partial charge in [0.25, 0.3) is 11.6 Å². The molecule has 0 fully saturated rings. The Morgan fingerprint density at radius 2 is 2.18 bits per heavy atom. The van der Waals surface area contributed by atoms with Crippen LogP contribution in [0.25, 0.3) is 0 Å². The lowest BCUT2D eigenvalue weighted by Crippen LogP contribution is -2.29. The first-order chi connectivity index (χ1) is 13.4. The molecule has 148 valence electrons. The molecule has 1 aromatic carbocycles. The largest absolute Gasteiger partial charge is 0.355 e. The quantitative estimate of drug-likeness (QED) is 0.522. The summed E-state index contributed by atoms with van der Waals surface area (Å²) in [5.41, 5.74) is 1.41. The predicted molar refractivity (Wildman–Crippen MR) is 107 cm³/mol. The molecule has 2 heterocycles. The van der Waals surface area contributed by atoms with Crippen LogP contribution in [0.5, 0.6) is 0 Å². The number of carbonyl (C=O) groups is 2. The zero-order valence-electron chi connectivity index (χ0n) is 15.0. The van der Waals surface area contributed by atoms with Crippen LogP contribution in [-0.2, 0) is 22.8 Å². The zero-order valence-corrected chi connectivity index (χ0v) is 16.6. The molecule has 0 atom stereocenters. The summed E-state index contributed by atoms with van der Waals surface area (Å²) in [6.45, 7) is 2.48. The first-order valence-corrected chi connectivity index (χ1v) is 10.1. The van der Waals surface area contributed by atoms with Gasteiger partial charge in [0.2, 0.25) is 5.91 Å². The normalized spacial score (nSPS) is 12.5. The van der Waals surface area contributed by atoms with E-state index in [9.17, 15) is 19.7 Å². The minimum Gasteiger partial charge on any atom is -0.355 e. The Morgan fingerprint density at radius 1 is 1.39 bits per heavy atom. The van der Waals surface area contributed by atoms with Gasteiger partial charge in [-0.1, -0.05) is 18.5 Å². The van der Waals surface area contributed by atoms with E-state index in [4.69, 9.17) is 11.6 Å². The van der Waals surface area contributed by atoms with Gasteiger partial charge in [-0.15, -0.1) is 0 Å². The van der Waals surface area contributed by atoms with E-state index in [1.807, 2.05) is 6.92 Å². The highest BCUT2D eigenvalue weighted by atomic mass is 35.5. The fraction of sp³-hybridized carbons (Fsp3) is 0.353. The molecule has 1 aromatic heterocycles. The maximum Gasteiger partial charge on any atom is 0.270 e. The first-order valence-electron chi connectivity index (χ1n) is 8.59. The zero-order chi connectivity index (χ0) is 20.3. The summed E-state index contributed by atoms with van der Waals surface area (Å²) in [7, 11) is 0. The predicted octanol–water partition coefficient (Wildman–Crippen LogP) is 2.97. The van der Waals surface area contributed by atoms with E-state index in [1.54, 1.807) is 11.8 Å². The first kappa shape index (κ1) is 20.2. The van der Waals surface area contributed by atoms with Gasteiger partial charge in [0.05, 0.1) is 21.2 Å². The van der Waals surface area contributed by atoms with Crippen molar-refractivity contribution in [3.8, 4) is 0 Å². The third-order valence-corrected chi connectivity index (χ3v) is 5.42. The number of fused-ring (bicyclic) bond motifs is 1. The molecule has 0 radical (unpaired) electrons. The van der Waals surface area contributed by atoms with Crippen molar-refractivity contribution in [2.24, 2.45) is 0 Å². The Hall–Kier alpha value is -2.59. The Morgan fingerprint density at radius 3 is 2.89 bits per heavy atom. The molecule has 0 saturated heterocycles. The van der Waals surface area contributed by atoms with Gasteiger partial charge in [0, 0.05) is 35.7 Å². The number of hydrogen-bond donors (Lipinski definition) is 2. The Labute approximate surface area is 170 Å². The van der Waals surface area contributed by atoms with Gasteiger partial charge < -0.3 is 10.6 Å². The lowest BCUT2D eigenvalue weighted by atomic mass is 10.2. The SMILES string of the molecule is CCCNC(=O)Cn1nc2c(c1NC(=O)c1cc([N+](=O)[O-])ccc1Cl)CSC2. The molecule has 2 amide bonds. The number of nitro benzene ring substituents is 1. The second kappa shape index (κ2) is 8.61. The van der Waals surface area contributed by atoms with E-state index in [2.05, 4.69) is 15.7 Å². The van der Waals surface area contributed by atoms with Gasteiger partial charge in [-0.3, -0.25) is 19.7 Å². The van der Waals surface area contributed by atoms with Gasteiger partial charge in [-0.25, -0.2) is 4.68 Å². The van der Waals surface area contributed by atoms with Gasteiger partial charge in [0.15, 0.2) is 0 Å². The summed E-state index contributed by atoms with van der Waals surface area (Å²) in [4.78, 5) is 35.2. The van der Waals surface area contributed by atoms with Gasteiger partial charge in [0.1, 0.15) is 12.4 Å². The second-order valence-electron chi connectivity index (χ2n) is 6.15. The number of anilines is 1. The molecule has 2 N–H and O–H groups in total. The third kappa shape index (κ3) is 4.28. The van der Waals surface area contributed by atoms with Gasteiger partial charge >= 0.3 is 0 Å². The number of hydrogen-bond acceptors (Lipinski definition) is 6. The molecule has 11 heteroatoms. The van der Waals surface area contributed by atoms with Crippen molar-refractivity contribution in [1.29, 1.82) is 0 Å². The maximum atomic E-state index is 12.8. The summed E-state index contributed by atoms with van der Waals surface area (Å²) in [6, 6.07) is 3.67. The molecule has 0 unspecified atom stereocenters. The molecular weight excluding hydrogens is 406 g/mol. The molecule has 3 rings (SSSR count). The molecule has 0 aliphatic carbocycles. The van der Waals surface area contributed by atoms with Crippen LogP contribution in [0.3, 0.4) is 0 Å². The number of nitrogens with one attached hydrogen (secondary N) is 2. The van der Waals surface area contributed by atoms with E-state index in [1.165, 1.54) is 16.8 Å². The highest BCUT2D eigenvalue weighted by Gasteiger charge is 2.26. The summed E-state index contributed by atoms with van der Waals surface area (Å²) >= 11 is 7.71. The summed E-state index contributed by atoms with van der Waals surface area (Å²) < 4.78 is 1.46. The minimum absolute atomic E-state index is 0.0153. The van der Waals surface area contributed by atoms with E-state index in [0.717, 1.165) is 23.7 Å². The molecule has 28 heavy (non-hydrogen) atoms. The summed E-state index contributed by atoms with van der Waals surface area (Å²) in [5, 5.41) is 21.0. The van der Waals surface area contributed by atoms with Crippen LogP contribution in [0.4, 0.5) is 11.5 Å². The molecule has 2 aromatic rings. The van der Waals surface area contributed by atoms with Crippen LogP contribution in [-0.4, -0.2) is 33.1 Å². The van der Waals surface area contributed by atoms with Crippen molar-refractivity contribution in [2.75, 3.05) is 11.9 Å². The fourth-order valence-corrected chi connectivity index (χ4v) is 3.99. The second-order valence-corrected chi connectivity index (χ2v) is 7.54. The molecule has 1 aliphatic rings. The average molecular weight is 424 g/mol.